The van der Waals surface area contributed by atoms with Crippen LogP contribution in [0, 0.1) is 0 Å². The molecular weight excluding hydrogens is 200 g/mol. The third kappa shape index (κ3) is 1.68. The largest absolute Gasteiger partial charge is 0.397 e. The smallest absolute Gasteiger partial charge is 0.214 e. The van der Waals surface area contributed by atoms with Crippen LogP contribution in [0.15, 0.2) is 18.2 Å². The van der Waals surface area contributed by atoms with Gasteiger partial charge in [-0.3, -0.25) is 4.79 Å². The molecule has 3 nitrogen and oxygen atoms in total. The molecule has 1 aromatic rings. The summed E-state index contributed by atoms with van der Waals surface area (Å²) in [6.07, 6.45) is 2.91. The van der Waals surface area contributed by atoms with Crippen molar-refractivity contribution in [2.45, 2.75) is 18.9 Å². The van der Waals surface area contributed by atoms with E-state index in [1.54, 1.807) is 23.1 Å². The van der Waals surface area contributed by atoms with Crippen LogP contribution in [0.1, 0.15) is 12.8 Å². The van der Waals surface area contributed by atoms with Crippen LogP contribution in [0.25, 0.3) is 0 Å². The summed E-state index contributed by atoms with van der Waals surface area (Å²) in [4.78, 5) is 12.5. The van der Waals surface area contributed by atoms with Gasteiger partial charge >= 0.3 is 0 Å². The number of hydrogen-bond donors (Lipinski definition) is 1. The van der Waals surface area contributed by atoms with Gasteiger partial charge in [0.05, 0.1) is 11.4 Å². The Labute approximate surface area is 87.4 Å². The predicted molar refractivity (Wildman–Crippen MR) is 57.4 cm³/mol. The number of amides is 1. The molecule has 1 saturated carbocycles. The van der Waals surface area contributed by atoms with Crippen LogP contribution in [0.5, 0.6) is 0 Å². The number of nitrogen functional groups attached to an aromatic ring is 1. The molecule has 1 fully saturated rings. The summed E-state index contributed by atoms with van der Waals surface area (Å²) in [7, 11) is 0. The van der Waals surface area contributed by atoms with E-state index in [1.165, 1.54) is 0 Å². The van der Waals surface area contributed by atoms with E-state index in [2.05, 4.69) is 0 Å². The highest BCUT2D eigenvalue weighted by atomic mass is 35.5. The van der Waals surface area contributed by atoms with Crippen LogP contribution < -0.4 is 10.6 Å². The van der Waals surface area contributed by atoms with Crippen molar-refractivity contribution in [3.63, 3.8) is 0 Å². The maximum atomic E-state index is 10.9. The zero-order chi connectivity index (χ0) is 10.1. The Morgan fingerprint density at radius 3 is 2.79 bits per heavy atom. The lowest BCUT2D eigenvalue weighted by Crippen LogP contribution is -2.24. The highest BCUT2D eigenvalue weighted by Gasteiger charge is 2.30. The van der Waals surface area contributed by atoms with Crippen molar-refractivity contribution in [3.8, 4) is 0 Å². The molecule has 0 saturated heterocycles. The third-order valence-corrected chi connectivity index (χ3v) is 2.56. The van der Waals surface area contributed by atoms with Crippen molar-refractivity contribution in [1.82, 2.24) is 0 Å². The molecule has 1 amide bonds. The predicted octanol–water partition coefficient (Wildman–Crippen LogP) is 2.05. The normalized spacial score (nSPS) is 15.2. The van der Waals surface area contributed by atoms with Gasteiger partial charge in [0.15, 0.2) is 0 Å². The molecule has 0 unspecified atom stereocenters. The topological polar surface area (TPSA) is 46.3 Å². The van der Waals surface area contributed by atoms with Gasteiger partial charge in [-0.05, 0) is 31.0 Å². The van der Waals surface area contributed by atoms with Gasteiger partial charge in [0, 0.05) is 11.1 Å². The van der Waals surface area contributed by atoms with Gasteiger partial charge in [-0.2, -0.15) is 0 Å². The number of halogens is 1. The number of nitrogens with zero attached hydrogens (tertiary/aromatic N) is 1. The van der Waals surface area contributed by atoms with E-state index in [0.29, 0.717) is 16.8 Å². The van der Waals surface area contributed by atoms with Gasteiger partial charge in [0.1, 0.15) is 0 Å². The van der Waals surface area contributed by atoms with Gasteiger partial charge in [-0.25, -0.2) is 0 Å². The molecule has 0 atom stereocenters. The molecule has 0 bridgehead atoms. The molecule has 0 spiro atoms. The molecule has 74 valence electrons. The monoisotopic (exact) mass is 210 g/mol. The first-order valence-corrected chi connectivity index (χ1v) is 4.89. The summed E-state index contributed by atoms with van der Waals surface area (Å²) in [6.45, 7) is 0. The minimum atomic E-state index is 0.313. The molecule has 4 heteroatoms. The molecule has 1 aliphatic rings. The highest BCUT2D eigenvalue weighted by molar-refractivity contribution is 6.31. The van der Waals surface area contributed by atoms with E-state index in [9.17, 15) is 4.79 Å². The van der Waals surface area contributed by atoms with Gasteiger partial charge in [-0.15, -0.1) is 0 Å². The van der Waals surface area contributed by atoms with Crippen molar-refractivity contribution in [2.24, 2.45) is 0 Å². The van der Waals surface area contributed by atoms with Gasteiger partial charge in [-0.1, -0.05) is 11.6 Å². The lowest BCUT2D eigenvalue weighted by atomic mass is 10.2. The Balaban J connectivity index is 2.36. The Kier molecular flexibility index (Phi) is 2.33. The molecule has 1 aliphatic carbocycles. The second kappa shape index (κ2) is 3.50. The Hall–Kier alpha value is -1.22. The lowest BCUT2D eigenvalue weighted by molar-refractivity contribution is -0.107. The number of anilines is 2. The van der Waals surface area contributed by atoms with Crippen LogP contribution in [-0.4, -0.2) is 12.5 Å². The highest BCUT2D eigenvalue weighted by Crippen LogP contribution is 2.34. The molecule has 0 aromatic heterocycles. The van der Waals surface area contributed by atoms with Crippen molar-refractivity contribution in [3.05, 3.63) is 23.2 Å². The van der Waals surface area contributed by atoms with E-state index in [0.717, 1.165) is 24.9 Å². The van der Waals surface area contributed by atoms with Crippen LogP contribution in [-0.2, 0) is 4.79 Å². The molecule has 1 aromatic carbocycles. The molecule has 0 radical (unpaired) electrons. The number of carbonyl (C=O) groups is 1. The zero-order valence-electron chi connectivity index (χ0n) is 7.61. The summed E-state index contributed by atoms with van der Waals surface area (Å²) in [6, 6.07) is 5.48. The fourth-order valence-electron chi connectivity index (χ4n) is 1.43. The second-order valence-electron chi connectivity index (χ2n) is 3.45. The average molecular weight is 211 g/mol. The first kappa shape index (κ1) is 9.34. The maximum absolute atomic E-state index is 10.9. The van der Waals surface area contributed by atoms with Crippen LogP contribution >= 0.6 is 11.6 Å². The van der Waals surface area contributed by atoms with E-state index in [1.807, 2.05) is 0 Å². The summed E-state index contributed by atoms with van der Waals surface area (Å²) in [5.74, 6) is 0. The molecule has 14 heavy (non-hydrogen) atoms. The number of benzene rings is 1. The van der Waals surface area contributed by atoms with Crippen molar-refractivity contribution < 1.29 is 4.79 Å². The first-order valence-electron chi connectivity index (χ1n) is 4.51. The fraction of sp³-hybridized carbons (Fsp3) is 0.300. The number of nitrogens with two attached hydrogens (primary N) is 1. The second-order valence-corrected chi connectivity index (χ2v) is 3.88. The van der Waals surface area contributed by atoms with Crippen molar-refractivity contribution in [1.29, 1.82) is 0 Å². The average Bonchev–Trinajstić information content (AvgIpc) is 2.96. The lowest BCUT2D eigenvalue weighted by Gasteiger charge is -2.18. The van der Waals surface area contributed by atoms with E-state index in [-0.39, 0.29) is 0 Å². The molecule has 0 aliphatic heterocycles. The summed E-state index contributed by atoms with van der Waals surface area (Å²) in [5, 5.41) is 0.599. The summed E-state index contributed by atoms with van der Waals surface area (Å²) < 4.78 is 0. The minimum Gasteiger partial charge on any atom is -0.397 e. The van der Waals surface area contributed by atoms with Gasteiger partial charge in [0.25, 0.3) is 0 Å². The Morgan fingerprint density at radius 2 is 2.21 bits per heavy atom. The van der Waals surface area contributed by atoms with Gasteiger partial charge in [0.2, 0.25) is 6.41 Å². The van der Waals surface area contributed by atoms with Gasteiger partial charge < -0.3 is 10.6 Å². The first-order chi connectivity index (χ1) is 6.72. The SMILES string of the molecule is Nc1ccc(Cl)cc1N(C=O)C1CC1. The molecule has 2 rings (SSSR count). The van der Waals surface area contributed by atoms with Crippen molar-refractivity contribution >= 4 is 29.4 Å². The molecule has 2 N–H and O–H groups in total. The van der Waals surface area contributed by atoms with Crippen LogP contribution in [0.3, 0.4) is 0 Å². The number of hydrogen-bond acceptors (Lipinski definition) is 2. The van der Waals surface area contributed by atoms with E-state index >= 15 is 0 Å². The Bertz CT molecular complexity index is 363. The summed E-state index contributed by atoms with van der Waals surface area (Å²) >= 11 is 5.84. The van der Waals surface area contributed by atoms with Crippen LogP contribution in [0.2, 0.25) is 5.02 Å². The fourth-order valence-corrected chi connectivity index (χ4v) is 1.60. The zero-order valence-corrected chi connectivity index (χ0v) is 8.37. The Morgan fingerprint density at radius 1 is 1.50 bits per heavy atom. The third-order valence-electron chi connectivity index (χ3n) is 2.32. The quantitative estimate of drug-likeness (QED) is 0.613. The van der Waals surface area contributed by atoms with E-state index < -0.39 is 0 Å². The van der Waals surface area contributed by atoms with Crippen molar-refractivity contribution in [2.75, 3.05) is 10.6 Å². The molecule has 0 heterocycles. The summed E-state index contributed by atoms with van der Waals surface area (Å²) in [5.41, 5.74) is 7.08. The molecular formula is C10H11ClN2O. The number of carbonyl (C=O) groups excluding carboxylic acids is 1. The maximum Gasteiger partial charge on any atom is 0.214 e. The van der Waals surface area contributed by atoms with Crippen LogP contribution in [0.4, 0.5) is 11.4 Å². The minimum absolute atomic E-state index is 0.313. The van der Waals surface area contributed by atoms with E-state index in [4.69, 9.17) is 17.3 Å². The number of rotatable bonds is 3. The standard InChI is InChI=1S/C10H11ClN2O/c11-7-1-4-9(12)10(5-7)13(6-14)8-2-3-8/h1,4-6,8H,2-3,12H2.